The van der Waals surface area contributed by atoms with E-state index in [2.05, 4.69) is 55.9 Å². The van der Waals surface area contributed by atoms with Crippen molar-refractivity contribution in [2.45, 2.75) is 58.8 Å². The van der Waals surface area contributed by atoms with Crippen molar-refractivity contribution in [3.05, 3.63) is 34.9 Å². The summed E-state index contributed by atoms with van der Waals surface area (Å²) in [7, 11) is 4.36. The Balaban J connectivity index is 1.73. The molecule has 0 saturated heterocycles. The van der Waals surface area contributed by atoms with Crippen molar-refractivity contribution in [3.63, 3.8) is 0 Å². The van der Waals surface area contributed by atoms with Gasteiger partial charge in [0.15, 0.2) is 5.78 Å². The molecule has 0 radical (unpaired) electrons. The predicted octanol–water partition coefficient (Wildman–Crippen LogP) is 4.44. The van der Waals surface area contributed by atoms with Gasteiger partial charge in [-0.25, -0.2) is 0 Å². The highest BCUT2D eigenvalue weighted by molar-refractivity contribution is 5.96. The van der Waals surface area contributed by atoms with Gasteiger partial charge in [-0.15, -0.1) is 0 Å². The van der Waals surface area contributed by atoms with Crippen molar-refractivity contribution in [1.29, 1.82) is 0 Å². The van der Waals surface area contributed by atoms with Gasteiger partial charge < -0.3 is 9.80 Å². The number of Topliss-reactive ketones (excluding diaryl/α,β-unsaturated/α-hetero) is 1. The molecule has 0 aromatic heterocycles. The standard InChI is InChI=1S/C23H38N2O/c1-5-24(3)15-12-19(2)8-6-7-9-23(26)22-11-10-20-13-16-25(4)17-14-21(20)18-22/h10-11,18-19H,5-9,12-17H2,1-4H3. The predicted molar refractivity (Wildman–Crippen MR) is 111 cm³/mol. The first-order valence-electron chi connectivity index (χ1n) is 10.5. The summed E-state index contributed by atoms with van der Waals surface area (Å²) >= 11 is 0. The lowest BCUT2D eigenvalue weighted by Crippen LogP contribution is -2.20. The first-order valence-corrected chi connectivity index (χ1v) is 10.5. The largest absolute Gasteiger partial charge is 0.307 e. The molecule has 1 atom stereocenters. The van der Waals surface area contributed by atoms with Crippen LogP contribution in [0.1, 0.15) is 67.4 Å². The van der Waals surface area contributed by atoms with Gasteiger partial charge in [-0.05, 0) is 76.0 Å². The summed E-state index contributed by atoms with van der Waals surface area (Å²) in [5.41, 5.74) is 3.73. The molecular formula is C23H38N2O. The number of benzene rings is 1. The van der Waals surface area contributed by atoms with Crippen LogP contribution < -0.4 is 0 Å². The Bertz CT molecular complexity index is 569. The third-order valence-corrected chi connectivity index (χ3v) is 5.95. The number of likely N-dealkylation sites (N-methyl/N-ethyl adjacent to an activating group) is 1. The molecule has 1 heterocycles. The van der Waals surface area contributed by atoms with Crippen LogP contribution in [0.4, 0.5) is 0 Å². The van der Waals surface area contributed by atoms with Gasteiger partial charge in [-0.2, -0.15) is 0 Å². The first-order chi connectivity index (χ1) is 12.5. The maximum Gasteiger partial charge on any atom is 0.162 e. The lowest BCUT2D eigenvalue weighted by atomic mass is 9.95. The zero-order valence-corrected chi connectivity index (χ0v) is 17.4. The highest BCUT2D eigenvalue weighted by atomic mass is 16.1. The van der Waals surface area contributed by atoms with Gasteiger partial charge in [0.2, 0.25) is 0 Å². The molecule has 3 nitrogen and oxygen atoms in total. The molecule has 1 aromatic carbocycles. The van der Waals surface area contributed by atoms with Crippen LogP contribution in [0, 0.1) is 5.92 Å². The molecule has 2 rings (SSSR count). The van der Waals surface area contributed by atoms with E-state index < -0.39 is 0 Å². The summed E-state index contributed by atoms with van der Waals surface area (Å²) in [6.45, 7) is 9.06. The summed E-state index contributed by atoms with van der Waals surface area (Å²) in [5.74, 6) is 1.08. The van der Waals surface area contributed by atoms with Gasteiger partial charge in [0, 0.05) is 25.1 Å². The number of unbranched alkanes of at least 4 members (excludes halogenated alkanes) is 1. The number of rotatable bonds is 10. The highest BCUT2D eigenvalue weighted by Crippen LogP contribution is 2.20. The molecule has 1 aliphatic rings. The fraction of sp³-hybridized carbons (Fsp3) is 0.696. The van der Waals surface area contributed by atoms with E-state index in [-0.39, 0.29) is 0 Å². The summed E-state index contributed by atoms with van der Waals surface area (Å²) < 4.78 is 0. The van der Waals surface area contributed by atoms with Crippen molar-refractivity contribution in [1.82, 2.24) is 9.80 Å². The molecule has 3 heteroatoms. The van der Waals surface area contributed by atoms with Crippen LogP contribution in [-0.4, -0.2) is 55.9 Å². The van der Waals surface area contributed by atoms with Crippen molar-refractivity contribution >= 4 is 5.78 Å². The van der Waals surface area contributed by atoms with Crippen molar-refractivity contribution in [3.8, 4) is 0 Å². The monoisotopic (exact) mass is 358 g/mol. The topological polar surface area (TPSA) is 23.6 Å². The van der Waals surface area contributed by atoms with Crippen LogP contribution >= 0.6 is 0 Å². The molecule has 0 saturated carbocycles. The van der Waals surface area contributed by atoms with Crippen molar-refractivity contribution in [2.24, 2.45) is 5.92 Å². The van der Waals surface area contributed by atoms with E-state index in [9.17, 15) is 4.79 Å². The van der Waals surface area contributed by atoms with Gasteiger partial charge in [0.1, 0.15) is 0 Å². The van der Waals surface area contributed by atoms with E-state index in [1.165, 1.54) is 36.9 Å². The van der Waals surface area contributed by atoms with Crippen LogP contribution in [-0.2, 0) is 12.8 Å². The van der Waals surface area contributed by atoms with Crippen LogP contribution in [0.2, 0.25) is 0 Å². The number of ketones is 1. The Hall–Kier alpha value is -1.19. The summed E-state index contributed by atoms with van der Waals surface area (Å²) in [6, 6.07) is 6.41. The van der Waals surface area contributed by atoms with E-state index >= 15 is 0 Å². The minimum Gasteiger partial charge on any atom is -0.307 e. The quantitative estimate of drug-likeness (QED) is 0.456. The Morgan fingerprint density at radius 1 is 1.15 bits per heavy atom. The number of fused-ring (bicyclic) bond motifs is 1. The first kappa shape index (κ1) is 21.1. The normalized spacial score (nSPS) is 16.3. The third kappa shape index (κ3) is 6.85. The zero-order chi connectivity index (χ0) is 18.9. The van der Waals surface area contributed by atoms with Crippen LogP contribution in [0.5, 0.6) is 0 Å². The van der Waals surface area contributed by atoms with E-state index in [0.717, 1.165) is 50.4 Å². The Labute approximate surface area is 160 Å². The van der Waals surface area contributed by atoms with E-state index in [1.54, 1.807) is 0 Å². The van der Waals surface area contributed by atoms with E-state index in [0.29, 0.717) is 12.2 Å². The van der Waals surface area contributed by atoms with Crippen LogP contribution in [0.15, 0.2) is 18.2 Å². The smallest absolute Gasteiger partial charge is 0.162 e. The van der Waals surface area contributed by atoms with Gasteiger partial charge in [-0.3, -0.25) is 4.79 Å². The second kappa shape index (κ2) is 10.8. The average molecular weight is 359 g/mol. The molecule has 0 bridgehead atoms. The molecule has 146 valence electrons. The number of nitrogens with zero attached hydrogens (tertiary/aromatic N) is 2. The Kier molecular flexibility index (Phi) is 8.80. The fourth-order valence-corrected chi connectivity index (χ4v) is 3.68. The summed E-state index contributed by atoms with van der Waals surface area (Å²) in [4.78, 5) is 17.3. The van der Waals surface area contributed by atoms with Crippen molar-refractivity contribution in [2.75, 3.05) is 40.3 Å². The molecule has 1 aliphatic heterocycles. The van der Waals surface area contributed by atoms with E-state index in [1.807, 2.05) is 0 Å². The molecule has 0 spiro atoms. The van der Waals surface area contributed by atoms with Gasteiger partial charge in [-0.1, -0.05) is 38.8 Å². The van der Waals surface area contributed by atoms with E-state index in [4.69, 9.17) is 0 Å². The number of hydrogen-bond acceptors (Lipinski definition) is 3. The molecule has 1 unspecified atom stereocenters. The molecule has 0 fully saturated rings. The third-order valence-electron chi connectivity index (χ3n) is 5.95. The Morgan fingerprint density at radius 2 is 1.88 bits per heavy atom. The summed E-state index contributed by atoms with van der Waals surface area (Å²) in [6.07, 6.45) is 7.55. The van der Waals surface area contributed by atoms with Gasteiger partial charge >= 0.3 is 0 Å². The lowest BCUT2D eigenvalue weighted by Gasteiger charge is -2.17. The molecule has 26 heavy (non-hydrogen) atoms. The fourth-order valence-electron chi connectivity index (χ4n) is 3.68. The SMILES string of the molecule is CCN(C)CCC(C)CCCCC(=O)c1ccc2c(c1)CCN(C)CC2. The maximum atomic E-state index is 12.6. The zero-order valence-electron chi connectivity index (χ0n) is 17.4. The summed E-state index contributed by atoms with van der Waals surface area (Å²) in [5, 5.41) is 0. The Morgan fingerprint density at radius 3 is 2.62 bits per heavy atom. The molecule has 0 aliphatic carbocycles. The van der Waals surface area contributed by atoms with Gasteiger partial charge in [0.05, 0.1) is 0 Å². The molecule has 0 amide bonds. The lowest BCUT2D eigenvalue weighted by molar-refractivity contribution is 0.0978. The van der Waals surface area contributed by atoms with Crippen LogP contribution in [0.3, 0.4) is 0 Å². The maximum absolute atomic E-state index is 12.6. The number of carbonyl (C=O) groups excluding carboxylic acids is 1. The highest BCUT2D eigenvalue weighted by Gasteiger charge is 2.14. The number of carbonyl (C=O) groups is 1. The van der Waals surface area contributed by atoms with Crippen molar-refractivity contribution < 1.29 is 4.79 Å². The second-order valence-corrected chi connectivity index (χ2v) is 8.25. The average Bonchev–Trinajstić information content (AvgIpc) is 2.84. The molecule has 0 N–H and O–H groups in total. The van der Waals surface area contributed by atoms with Gasteiger partial charge in [0.25, 0.3) is 0 Å². The minimum absolute atomic E-state index is 0.323. The molecular weight excluding hydrogens is 320 g/mol. The number of hydrogen-bond donors (Lipinski definition) is 0. The minimum atomic E-state index is 0.323. The second-order valence-electron chi connectivity index (χ2n) is 8.25. The molecule has 1 aromatic rings. The van der Waals surface area contributed by atoms with Crippen LogP contribution in [0.25, 0.3) is 0 Å².